The maximum atomic E-state index is 4.52. The van der Waals surface area contributed by atoms with Crippen LogP contribution in [0.25, 0.3) is 11.0 Å². The number of pyridine rings is 1. The molecule has 0 aromatic carbocycles. The summed E-state index contributed by atoms with van der Waals surface area (Å²) in [4.78, 5) is 8.58. The number of aryl methyl sites for hydroxylation is 2. The van der Waals surface area contributed by atoms with Gasteiger partial charge in [0, 0.05) is 49.8 Å². The molecule has 3 heterocycles. The standard InChI is InChI=1S/C15H19N5/c1-16-10-13-11-20(15-14(13)4-2-5-18-15)8-3-7-19-9-6-17-12-19/h2,4-6,9,11-12,16H,3,7-8,10H2,1H3. The molecule has 3 rings (SSSR count). The van der Waals surface area contributed by atoms with Gasteiger partial charge in [-0.05, 0) is 31.2 Å². The van der Waals surface area contributed by atoms with Crippen molar-refractivity contribution < 1.29 is 0 Å². The summed E-state index contributed by atoms with van der Waals surface area (Å²) in [7, 11) is 1.97. The van der Waals surface area contributed by atoms with Gasteiger partial charge in [-0.25, -0.2) is 9.97 Å². The number of fused-ring (bicyclic) bond motifs is 1. The van der Waals surface area contributed by atoms with E-state index in [9.17, 15) is 0 Å². The number of hydrogen-bond donors (Lipinski definition) is 1. The smallest absolute Gasteiger partial charge is 0.140 e. The van der Waals surface area contributed by atoms with Gasteiger partial charge in [-0.1, -0.05) is 0 Å². The molecule has 1 N–H and O–H groups in total. The molecule has 0 fully saturated rings. The molecule has 0 amide bonds. The Morgan fingerprint density at radius 2 is 2.20 bits per heavy atom. The fourth-order valence-electron chi connectivity index (χ4n) is 2.54. The molecule has 5 heteroatoms. The number of imidazole rings is 1. The molecule has 3 aromatic heterocycles. The van der Waals surface area contributed by atoms with E-state index >= 15 is 0 Å². The average molecular weight is 269 g/mol. The second-order valence-corrected chi connectivity index (χ2v) is 4.91. The highest BCUT2D eigenvalue weighted by molar-refractivity contribution is 5.80. The third-order valence-corrected chi connectivity index (χ3v) is 3.46. The summed E-state index contributed by atoms with van der Waals surface area (Å²) in [5.41, 5.74) is 2.38. The number of rotatable bonds is 6. The van der Waals surface area contributed by atoms with Gasteiger partial charge in [0.25, 0.3) is 0 Å². The van der Waals surface area contributed by atoms with E-state index in [-0.39, 0.29) is 0 Å². The molecule has 0 aliphatic heterocycles. The number of hydrogen-bond acceptors (Lipinski definition) is 3. The summed E-state index contributed by atoms with van der Waals surface area (Å²) in [6.07, 6.45) is 10.8. The first kappa shape index (κ1) is 12.9. The molecule has 0 saturated heterocycles. The summed E-state index contributed by atoms with van der Waals surface area (Å²) >= 11 is 0. The molecule has 0 unspecified atom stereocenters. The zero-order valence-corrected chi connectivity index (χ0v) is 11.7. The van der Waals surface area contributed by atoms with Crippen molar-refractivity contribution in [3.05, 3.63) is 48.8 Å². The average Bonchev–Trinajstić information content (AvgIpc) is 3.09. The van der Waals surface area contributed by atoms with Crippen LogP contribution < -0.4 is 5.32 Å². The second-order valence-electron chi connectivity index (χ2n) is 4.91. The van der Waals surface area contributed by atoms with Gasteiger partial charge >= 0.3 is 0 Å². The Kier molecular flexibility index (Phi) is 3.78. The van der Waals surface area contributed by atoms with Crippen LogP contribution in [0.3, 0.4) is 0 Å². The van der Waals surface area contributed by atoms with E-state index < -0.39 is 0 Å². The lowest BCUT2D eigenvalue weighted by Gasteiger charge is -2.05. The van der Waals surface area contributed by atoms with E-state index in [1.165, 1.54) is 10.9 Å². The van der Waals surface area contributed by atoms with Gasteiger partial charge in [-0.15, -0.1) is 0 Å². The van der Waals surface area contributed by atoms with Crippen LogP contribution in [0.15, 0.2) is 43.2 Å². The molecular formula is C15H19N5. The third kappa shape index (κ3) is 2.58. The largest absolute Gasteiger partial charge is 0.337 e. The Morgan fingerprint density at radius 3 is 3.00 bits per heavy atom. The minimum absolute atomic E-state index is 0.872. The Hall–Kier alpha value is -2.14. The topological polar surface area (TPSA) is 47.7 Å². The molecule has 0 spiro atoms. The molecule has 0 radical (unpaired) electrons. The lowest BCUT2D eigenvalue weighted by molar-refractivity contribution is 0.570. The fourth-order valence-corrected chi connectivity index (χ4v) is 2.54. The van der Waals surface area contributed by atoms with E-state index in [2.05, 4.69) is 36.7 Å². The number of aromatic nitrogens is 4. The van der Waals surface area contributed by atoms with Gasteiger partial charge in [-0.3, -0.25) is 0 Å². The monoisotopic (exact) mass is 269 g/mol. The molecule has 0 saturated carbocycles. The SMILES string of the molecule is CNCc1cn(CCCn2ccnc2)c2ncccc12. The molecule has 0 aliphatic carbocycles. The van der Waals surface area contributed by atoms with Crippen LogP contribution >= 0.6 is 0 Å². The van der Waals surface area contributed by atoms with Gasteiger partial charge in [-0.2, -0.15) is 0 Å². The minimum atomic E-state index is 0.872. The van der Waals surface area contributed by atoms with Crippen LogP contribution in [0.4, 0.5) is 0 Å². The van der Waals surface area contributed by atoms with Gasteiger partial charge in [0.2, 0.25) is 0 Å². The third-order valence-electron chi connectivity index (χ3n) is 3.46. The highest BCUT2D eigenvalue weighted by Gasteiger charge is 2.08. The van der Waals surface area contributed by atoms with E-state index in [0.29, 0.717) is 0 Å². The molecule has 20 heavy (non-hydrogen) atoms. The molecule has 104 valence electrons. The Labute approximate surface area is 118 Å². The maximum absolute atomic E-state index is 4.52. The lowest BCUT2D eigenvalue weighted by Crippen LogP contribution is -2.05. The van der Waals surface area contributed by atoms with Gasteiger partial charge in [0.15, 0.2) is 0 Å². The zero-order valence-electron chi connectivity index (χ0n) is 11.7. The fraction of sp³-hybridized carbons (Fsp3) is 0.333. The summed E-state index contributed by atoms with van der Waals surface area (Å²) in [5, 5.41) is 4.45. The predicted molar refractivity (Wildman–Crippen MR) is 79.3 cm³/mol. The van der Waals surface area contributed by atoms with Gasteiger partial charge in [0.05, 0.1) is 6.33 Å². The Balaban J connectivity index is 1.77. The second kappa shape index (κ2) is 5.88. The zero-order chi connectivity index (χ0) is 13.8. The van der Waals surface area contributed by atoms with E-state index in [1.54, 1.807) is 0 Å². The first-order valence-electron chi connectivity index (χ1n) is 6.91. The van der Waals surface area contributed by atoms with Crippen molar-refractivity contribution in [2.75, 3.05) is 7.05 Å². The van der Waals surface area contributed by atoms with Crippen LogP contribution in [0.1, 0.15) is 12.0 Å². The molecule has 0 atom stereocenters. The Bertz CT molecular complexity index is 669. The van der Waals surface area contributed by atoms with Crippen molar-refractivity contribution in [3.63, 3.8) is 0 Å². The van der Waals surface area contributed by atoms with Crippen LogP contribution in [0.5, 0.6) is 0 Å². The van der Waals surface area contributed by atoms with E-state index in [4.69, 9.17) is 0 Å². The van der Waals surface area contributed by atoms with Crippen molar-refractivity contribution in [2.24, 2.45) is 0 Å². The first-order valence-corrected chi connectivity index (χ1v) is 6.91. The number of nitrogens with zero attached hydrogens (tertiary/aromatic N) is 4. The van der Waals surface area contributed by atoms with Crippen LogP contribution in [0, 0.1) is 0 Å². The van der Waals surface area contributed by atoms with Crippen LogP contribution in [-0.2, 0) is 19.6 Å². The molecule has 0 aliphatic rings. The highest BCUT2D eigenvalue weighted by Crippen LogP contribution is 2.19. The normalized spacial score (nSPS) is 11.2. The molecule has 0 bridgehead atoms. The summed E-state index contributed by atoms with van der Waals surface area (Å²) in [6.45, 7) is 2.82. The van der Waals surface area contributed by atoms with Gasteiger partial charge in [0.1, 0.15) is 5.65 Å². The van der Waals surface area contributed by atoms with Crippen LogP contribution in [-0.4, -0.2) is 26.1 Å². The van der Waals surface area contributed by atoms with Crippen molar-refractivity contribution in [2.45, 2.75) is 26.1 Å². The first-order chi connectivity index (χ1) is 9.88. The summed E-state index contributed by atoms with van der Waals surface area (Å²) in [6, 6.07) is 4.14. The van der Waals surface area contributed by atoms with Gasteiger partial charge < -0.3 is 14.5 Å². The predicted octanol–water partition coefficient (Wildman–Crippen LogP) is 2.04. The minimum Gasteiger partial charge on any atom is -0.337 e. The maximum Gasteiger partial charge on any atom is 0.140 e. The van der Waals surface area contributed by atoms with Crippen molar-refractivity contribution in [1.82, 2.24) is 24.4 Å². The van der Waals surface area contributed by atoms with Crippen molar-refractivity contribution in [3.8, 4) is 0 Å². The highest BCUT2D eigenvalue weighted by atomic mass is 15.0. The quantitative estimate of drug-likeness (QED) is 0.745. The molecule has 5 nitrogen and oxygen atoms in total. The number of nitrogens with one attached hydrogen (secondary N) is 1. The van der Waals surface area contributed by atoms with E-state index in [1.807, 2.05) is 38.0 Å². The van der Waals surface area contributed by atoms with Crippen molar-refractivity contribution >= 4 is 11.0 Å². The summed E-state index contributed by atoms with van der Waals surface area (Å²) in [5.74, 6) is 0. The molecule has 3 aromatic rings. The lowest BCUT2D eigenvalue weighted by atomic mass is 10.2. The molecular weight excluding hydrogens is 250 g/mol. The Morgan fingerprint density at radius 1 is 1.25 bits per heavy atom. The van der Waals surface area contributed by atoms with E-state index in [0.717, 1.165) is 31.7 Å². The van der Waals surface area contributed by atoms with Crippen LogP contribution in [0.2, 0.25) is 0 Å². The van der Waals surface area contributed by atoms with Crippen molar-refractivity contribution in [1.29, 1.82) is 0 Å². The summed E-state index contributed by atoms with van der Waals surface area (Å²) < 4.78 is 4.35.